The number of aliphatic hydroxyl groups is 1. The number of halogens is 3. The Morgan fingerprint density at radius 3 is 2.30 bits per heavy atom. The summed E-state index contributed by atoms with van der Waals surface area (Å²) in [5, 5.41) is 9.57. The summed E-state index contributed by atoms with van der Waals surface area (Å²) in [6.45, 7) is -0.111. The Labute approximate surface area is 114 Å². The Balaban J connectivity index is 2.18. The van der Waals surface area contributed by atoms with Gasteiger partial charge in [0.1, 0.15) is 17.5 Å². The average molecular weight is 309 g/mol. The van der Waals surface area contributed by atoms with E-state index in [0.29, 0.717) is 25.0 Å². The zero-order valence-electron chi connectivity index (χ0n) is 10.4. The standard InChI is InChI=1S/C12H14F3NO3S/c13-8-4-9(14)12(10(15)5-8)20(18,19)16-6-7-2-1-3-11(7)17/h4-5,7,11,16-17H,1-3,6H2. The highest BCUT2D eigenvalue weighted by molar-refractivity contribution is 7.89. The van der Waals surface area contributed by atoms with E-state index in [9.17, 15) is 26.7 Å². The van der Waals surface area contributed by atoms with Crippen LogP contribution in [0.25, 0.3) is 0 Å². The molecule has 1 aliphatic rings. The molecule has 0 amide bonds. The SMILES string of the molecule is O=S(=O)(NCC1CCCC1O)c1c(F)cc(F)cc1F. The second-order valence-corrected chi connectivity index (χ2v) is 6.51. The molecule has 1 aliphatic carbocycles. The molecule has 2 unspecified atom stereocenters. The van der Waals surface area contributed by atoms with Crippen LogP contribution < -0.4 is 4.72 Å². The maximum Gasteiger partial charge on any atom is 0.246 e. The van der Waals surface area contributed by atoms with Gasteiger partial charge in [0, 0.05) is 18.7 Å². The minimum atomic E-state index is -4.43. The monoisotopic (exact) mass is 309 g/mol. The molecule has 20 heavy (non-hydrogen) atoms. The van der Waals surface area contributed by atoms with Crippen molar-refractivity contribution in [2.75, 3.05) is 6.54 Å². The third-order valence-corrected chi connectivity index (χ3v) is 4.86. The lowest BCUT2D eigenvalue weighted by atomic mass is 10.1. The van der Waals surface area contributed by atoms with E-state index in [-0.39, 0.29) is 12.5 Å². The van der Waals surface area contributed by atoms with Crippen molar-refractivity contribution in [1.82, 2.24) is 4.72 Å². The van der Waals surface area contributed by atoms with Crippen molar-refractivity contribution >= 4 is 10.0 Å². The van der Waals surface area contributed by atoms with Gasteiger partial charge in [-0.2, -0.15) is 0 Å². The topological polar surface area (TPSA) is 66.4 Å². The van der Waals surface area contributed by atoms with Crippen LogP contribution in [-0.4, -0.2) is 26.2 Å². The third-order valence-electron chi connectivity index (χ3n) is 3.39. The first kappa shape index (κ1) is 15.3. The van der Waals surface area contributed by atoms with E-state index in [1.54, 1.807) is 0 Å². The number of hydrogen-bond acceptors (Lipinski definition) is 3. The maximum atomic E-state index is 13.4. The van der Waals surface area contributed by atoms with Crippen molar-refractivity contribution < 1.29 is 26.7 Å². The van der Waals surface area contributed by atoms with Gasteiger partial charge >= 0.3 is 0 Å². The molecule has 8 heteroatoms. The van der Waals surface area contributed by atoms with Crippen LogP contribution in [-0.2, 0) is 10.0 Å². The highest BCUT2D eigenvalue weighted by Gasteiger charge is 2.29. The van der Waals surface area contributed by atoms with Crippen LogP contribution in [0.15, 0.2) is 17.0 Å². The van der Waals surface area contributed by atoms with Gasteiger partial charge in [-0.25, -0.2) is 26.3 Å². The van der Waals surface area contributed by atoms with Crippen LogP contribution in [0.5, 0.6) is 0 Å². The summed E-state index contributed by atoms with van der Waals surface area (Å²) in [5.74, 6) is -4.44. The Hall–Kier alpha value is -1.12. The van der Waals surface area contributed by atoms with Crippen molar-refractivity contribution in [1.29, 1.82) is 0 Å². The fraction of sp³-hybridized carbons (Fsp3) is 0.500. The molecule has 1 aromatic rings. The molecular formula is C12H14F3NO3S. The first-order valence-electron chi connectivity index (χ1n) is 6.13. The average Bonchev–Trinajstić information content (AvgIpc) is 2.70. The molecule has 0 aliphatic heterocycles. The van der Waals surface area contributed by atoms with Gasteiger partial charge in [-0.1, -0.05) is 6.42 Å². The van der Waals surface area contributed by atoms with Crippen LogP contribution >= 0.6 is 0 Å². The fourth-order valence-electron chi connectivity index (χ4n) is 2.33. The predicted octanol–water partition coefficient (Wildman–Crippen LogP) is 1.54. The first-order chi connectivity index (χ1) is 9.31. The summed E-state index contributed by atoms with van der Waals surface area (Å²) in [5.41, 5.74) is 0. The quantitative estimate of drug-likeness (QED) is 0.887. The van der Waals surface area contributed by atoms with Gasteiger partial charge in [-0.15, -0.1) is 0 Å². The molecule has 2 atom stereocenters. The lowest BCUT2D eigenvalue weighted by Crippen LogP contribution is -2.33. The zero-order valence-corrected chi connectivity index (χ0v) is 11.3. The second kappa shape index (κ2) is 5.71. The van der Waals surface area contributed by atoms with Gasteiger partial charge in [0.05, 0.1) is 6.10 Å². The minimum absolute atomic E-state index is 0.111. The zero-order chi connectivity index (χ0) is 14.9. The Bertz CT molecular complexity index is 583. The van der Waals surface area contributed by atoms with Gasteiger partial charge in [-0.05, 0) is 18.8 Å². The Kier molecular flexibility index (Phi) is 4.36. The summed E-state index contributed by atoms with van der Waals surface area (Å²) >= 11 is 0. The van der Waals surface area contributed by atoms with Crippen molar-refractivity contribution in [3.63, 3.8) is 0 Å². The smallest absolute Gasteiger partial charge is 0.246 e. The van der Waals surface area contributed by atoms with Crippen molar-refractivity contribution in [2.24, 2.45) is 5.92 Å². The van der Waals surface area contributed by atoms with Gasteiger partial charge in [0.25, 0.3) is 0 Å². The first-order valence-corrected chi connectivity index (χ1v) is 7.62. The van der Waals surface area contributed by atoms with E-state index in [1.165, 1.54) is 0 Å². The summed E-state index contributed by atoms with van der Waals surface area (Å²) in [6.07, 6.45) is 1.36. The van der Waals surface area contributed by atoms with Gasteiger partial charge in [0.15, 0.2) is 4.90 Å². The van der Waals surface area contributed by atoms with Gasteiger partial charge in [-0.3, -0.25) is 0 Å². The van der Waals surface area contributed by atoms with E-state index in [2.05, 4.69) is 4.72 Å². The minimum Gasteiger partial charge on any atom is -0.393 e. The van der Waals surface area contributed by atoms with E-state index in [0.717, 1.165) is 6.42 Å². The molecule has 0 saturated heterocycles. The summed E-state index contributed by atoms with van der Waals surface area (Å²) in [6, 6.07) is 0.615. The highest BCUT2D eigenvalue weighted by atomic mass is 32.2. The lowest BCUT2D eigenvalue weighted by Gasteiger charge is -2.15. The largest absolute Gasteiger partial charge is 0.393 e. The Morgan fingerprint density at radius 2 is 1.80 bits per heavy atom. The second-order valence-electron chi connectivity index (χ2n) is 4.81. The molecule has 0 aromatic heterocycles. The van der Waals surface area contributed by atoms with Gasteiger partial charge < -0.3 is 5.11 Å². The van der Waals surface area contributed by atoms with Crippen molar-refractivity contribution in [3.8, 4) is 0 Å². The number of aliphatic hydroxyl groups excluding tert-OH is 1. The lowest BCUT2D eigenvalue weighted by molar-refractivity contribution is 0.134. The van der Waals surface area contributed by atoms with E-state index >= 15 is 0 Å². The summed E-state index contributed by atoms with van der Waals surface area (Å²) in [4.78, 5) is -1.20. The molecule has 2 N–H and O–H groups in total. The van der Waals surface area contributed by atoms with E-state index < -0.39 is 38.5 Å². The highest BCUT2D eigenvalue weighted by Crippen LogP contribution is 2.26. The van der Waals surface area contributed by atoms with E-state index in [4.69, 9.17) is 0 Å². The number of benzene rings is 1. The molecule has 0 heterocycles. The number of sulfonamides is 1. The number of rotatable bonds is 4. The molecular weight excluding hydrogens is 295 g/mol. The molecule has 2 rings (SSSR count). The summed E-state index contributed by atoms with van der Waals surface area (Å²) in [7, 11) is -4.43. The van der Waals surface area contributed by atoms with Crippen LogP contribution in [0, 0.1) is 23.4 Å². The van der Waals surface area contributed by atoms with Crippen LogP contribution in [0.4, 0.5) is 13.2 Å². The number of hydrogen-bond donors (Lipinski definition) is 2. The van der Waals surface area contributed by atoms with Crippen LogP contribution in [0.2, 0.25) is 0 Å². The molecule has 0 radical (unpaired) electrons. The molecule has 1 aromatic carbocycles. The molecule has 1 fully saturated rings. The molecule has 0 spiro atoms. The van der Waals surface area contributed by atoms with Crippen LogP contribution in [0.1, 0.15) is 19.3 Å². The summed E-state index contributed by atoms with van der Waals surface area (Å²) < 4.78 is 65.4. The molecule has 0 bridgehead atoms. The predicted molar refractivity (Wildman–Crippen MR) is 64.9 cm³/mol. The third kappa shape index (κ3) is 3.13. The van der Waals surface area contributed by atoms with Crippen molar-refractivity contribution in [3.05, 3.63) is 29.6 Å². The van der Waals surface area contributed by atoms with E-state index in [1.807, 2.05) is 0 Å². The molecule has 4 nitrogen and oxygen atoms in total. The fourth-order valence-corrected chi connectivity index (χ4v) is 3.54. The van der Waals surface area contributed by atoms with Gasteiger partial charge in [0.2, 0.25) is 10.0 Å². The van der Waals surface area contributed by atoms with Crippen molar-refractivity contribution in [2.45, 2.75) is 30.3 Å². The molecule has 112 valence electrons. The maximum absolute atomic E-state index is 13.4. The number of nitrogens with one attached hydrogen (secondary N) is 1. The Morgan fingerprint density at radius 1 is 1.20 bits per heavy atom. The normalized spacial score (nSPS) is 23.2. The molecule has 1 saturated carbocycles. The van der Waals surface area contributed by atoms with Crippen LogP contribution in [0.3, 0.4) is 0 Å².